The molecule has 0 bridgehead atoms. The van der Waals surface area contributed by atoms with Crippen LogP contribution in [0.15, 0.2) is 97.2 Å². The number of carboxylic acid groups (broad SMARTS) is 1. The number of benzene rings is 3. The number of hydrogen-bond donors (Lipinski definition) is 2. The Bertz CT molecular complexity index is 1820. The van der Waals surface area contributed by atoms with Crippen molar-refractivity contribution < 1.29 is 14.6 Å². The first-order valence-electron chi connectivity index (χ1n) is 14.1. The number of aromatic nitrogens is 2. The SMILES string of the molecule is Cc1ccc(Oc2ccc(N3C(=S)N[C@@H](c4ccccn4)[C@H]3c3cc(C)n(-c4cc(C(=O)O)ccc4C)c3C)cc2)cc1. The predicted molar refractivity (Wildman–Crippen MR) is 173 cm³/mol. The smallest absolute Gasteiger partial charge is 0.335 e. The van der Waals surface area contributed by atoms with Gasteiger partial charge in [-0.25, -0.2) is 4.79 Å². The summed E-state index contributed by atoms with van der Waals surface area (Å²) in [5.74, 6) is 0.556. The van der Waals surface area contributed by atoms with Gasteiger partial charge in [-0.2, -0.15) is 0 Å². The minimum Gasteiger partial charge on any atom is -0.478 e. The minimum absolute atomic E-state index is 0.211. The van der Waals surface area contributed by atoms with Crippen LogP contribution in [0.4, 0.5) is 5.69 Å². The van der Waals surface area contributed by atoms with E-state index in [1.54, 1.807) is 18.3 Å². The van der Waals surface area contributed by atoms with Crippen LogP contribution in [-0.2, 0) is 0 Å². The fourth-order valence-electron chi connectivity index (χ4n) is 5.81. The van der Waals surface area contributed by atoms with E-state index in [1.165, 1.54) is 5.56 Å². The van der Waals surface area contributed by atoms with Gasteiger partial charge in [-0.05, 0) is 118 Å². The predicted octanol–water partition coefficient (Wildman–Crippen LogP) is 7.77. The zero-order valence-electron chi connectivity index (χ0n) is 24.4. The highest BCUT2D eigenvalue weighted by Gasteiger charge is 2.42. The molecule has 0 radical (unpaired) electrons. The molecular weight excluding hydrogens is 556 g/mol. The molecule has 43 heavy (non-hydrogen) atoms. The fraction of sp³-hybridized carbons (Fsp3) is 0.171. The summed E-state index contributed by atoms with van der Waals surface area (Å²) >= 11 is 5.95. The first kappa shape index (κ1) is 28.2. The van der Waals surface area contributed by atoms with Crippen LogP contribution in [0.5, 0.6) is 11.5 Å². The van der Waals surface area contributed by atoms with Crippen molar-refractivity contribution in [3.8, 4) is 17.2 Å². The molecule has 0 aliphatic carbocycles. The lowest BCUT2D eigenvalue weighted by atomic mass is 9.96. The summed E-state index contributed by atoms with van der Waals surface area (Å²) < 4.78 is 8.21. The number of hydrogen-bond acceptors (Lipinski definition) is 4. The molecule has 6 rings (SSSR count). The molecule has 3 aromatic carbocycles. The fourth-order valence-corrected chi connectivity index (χ4v) is 6.15. The number of aryl methyl sites for hydroxylation is 3. The van der Waals surface area contributed by atoms with E-state index >= 15 is 0 Å². The first-order chi connectivity index (χ1) is 20.7. The van der Waals surface area contributed by atoms with Crippen molar-refractivity contribution in [2.24, 2.45) is 0 Å². The van der Waals surface area contributed by atoms with Gasteiger partial charge in [0.2, 0.25) is 0 Å². The number of ether oxygens (including phenoxy) is 1. The van der Waals surface area contributed by atoms with Crippen molar-refractivity contribution >= 4 is 29.0 Å². The van der Waals surface area contributed by atoms with E-state index in [4.69, 9.17) is 17.0 Å². The lowest BCUT2D eigenvalue weighted by Gasteiger charge is -2.28. The molecule has 1 aliphatic rings. The van der Waals surface area contributed by atoms with E-state index in [0.29, 0.717) is 5.11 Å². The second-order valence-electron chi connectivity index (χ2n) is 10.9. The van der Waals surface area contributed by atoms with E-state index in [0.717, 1.165) is 51.1 Å². The van der Waals surface area contributed by atoms with E-state index < -0.39 is 5.97 Å². The molecule has 1 fully saturated rings. The molecule has 216 valence electrons. The van der Waals surface area contributed by atoms with Crippen LogP contribution in [0.3, 0.4) is 0 Å². The third kappa shape index (κ3) is 5.37. The minimum atomic E-state index is -0.953. The zero-order chi connectivity index (χ0) is 30.2. The Morgan fingerprint density at radius 2 is 1.60 bits per heavy atom. The number of pyridine rings is 1. The molecule has 0 amide bonds. The van der Waals surface area contributed by atoms with Gasteiger partial charge in [0.25, 0.3) is 0 Å². The largest absolute Gasteiger partial charge is 0.478 e. The number of nitrogens with one attached hydrogen (secondary N) is 1. The summed E-state index contributed by atoms with van der Waals surface area (Å²) in [7, 11) is 0. The Balaban J connectivity index is 1.43. The zero-order valence-corrected chi connectivity index (χ0v) is 25.2. The average Bonchev–Trinajstić information content (AvgIpc) is 3.50. The molecule has 2 N–H and O–H groups in total. The summed E-state index contributed by atoms with van der Waals surface area (Å²) in [6.45, 7) is 8.16. The summed E-state index contributed by atoms with van der Waals surface area (Å²) in [5, 5.41) is 13.8. The number of carboxylic acids is 1. The van der Waals surface area contributed by atoms with Gasteiger partial charge in [0.1, 0.15) is 11.5 Å². The van der Waals surface area contributed by atoms with Gasteiger partial charge in [-0.1, -0.05) is 29.8 Å². The Morgan fingerprint density at radius 1 is 0.907 bits per heavy atom. The topological polar surface area (TPSA) is 79.6 Å². The van der Waals surface area contributed by atoms with Crippen LogP contribution in [-0.4, -0.2) is 25.7 Å². The van der Waals surface area contributed by atoms with Gasteiger partial charge in [-0.15, -0.1) is 0 Å². The van der Waals surface area contributed by atoms with Crippen molar-refractivity contribution in [2.75, 3.05) is 4.90 Å². The second-order valence-corrected chi connectivity index (χ2v) is 11.3. The van der Waals surface area contributed by atoms with Crippen molar-refractivity contribution in [1.82, 2.24) is 14.9 Å². The maximum absolute atomic E-state index is 11.8. The van der Waals surface area contributed by atoms with Crippen LogP contribution in [0.1, 0.15) is 56.2 Å². The van der Waals surface area contributed by atoms with E-state index in [-0.39, 0.29) is 17.6 Å². The Kier molecular flexibility index (Phi) is 7.46. The molecule has 3 heterocycles. The molecule has 0 unspecified atom stereocenters. The maximum atomic E-state index is 11.8. The summed E-state index contributed by atoms with van der Waals surface area (Å²) in [4.78, 5) is 18.6. The molecule has 0 spiro atoms. The average molecular weight is 589 g/mol. The highest BCUT2D eigenvalue weighted by atomic mass is 32.1. The summed E-state index contributed by atoms with van der Waals surface area (Å²) in [6, 6.07) is 28.8. The lowest BCUT2D eigenvalue weighted by Crippen LogP contribution is -2.29. The first-order valence-corrected chi connectivity index (χ1v) is 14.5. The number of aromatic carboxylic acids is 1. The molecule has 8 heteroatoms. The number of rotatable bonds is 7. The Morgan fingerprint density at radius 3 is 2.26 bits per heavy atom. The van der Waals surface area contributed by atoms with Crippen molar-refractivity contribution in [2.45, 2.75) is 39.8 Å². The molecule has 5 aromatic rings. The molecular formula is C35H32N4O3S. The standard InChI is InChI=1S/C35H32N4O3S/c1-21-8-14-27(15-9-21)42-28-16-12-26(13-17-28)39-33(32(37-35(39)43)30-7-5-6-18-36-30)29-19-23(3)38(24(29)4)31-20-25(34(40)41)11-10-22(31)2/h5-20,32-33H,1-4H3,(H,37,43)(H,40,41)/t32-,33+/m0/s1. The quantitative estimate of drug-likeness (QED) is 0.188. The van der Waals surface area contributed by atoms with Crippen LogP contribution in [0, 0.1) is 27.7 Å². The molecule has 0 saturated carbocycles. The monoisotopic (exact) mass is 588 g/mol. The third-order valence-corrected chi connectivity index (χ3v) is 8.27. The normalized spacial score (nSPS) is 16.3. The number of carbonyl (C=O) groups is 1. The van der Waals surface area contributed by atoms with Gasteiger partial charge < -0.3 is 24.6 Å². The highest BCUT2D eigenvalue weighted by Crippen LogP contribution is 2.44. The lowest BCUT2D eigenvalue weighted by molar-refractivity contribution is 0.0697. The summed E-state index contributed by atoms with van der Waals surface area (Å²) in [6.07, 6.45) is 1.79. The third-order valence-electron chi connectivity index (χ3n) is 7.96. The second kappa shape index (κ2) is 11.4. The number of nitrogens with zero attached hydrogens (tertiary/aromatic N) is 3. The van der Waals surface area contributed by atoms with Crippen LogP contribution in [0.25, 0.3) is 5.69 Å². The van der Waals surface area contributed by atoms with Crippen molar-refractivity contribution in [1.29, 1.82) is 0 Å². The van der Waals surface area contributed by atoms with Crippen LogP contribution < -0.4 is 15.0 Å². The van der Waals surface area contributed by atoms with Gasteiger partial charge in [0, 0.05) is 29.0 Å². The van der Waals surface area contributed by atoms with Crippen molar-refractivity contribution in [3.63, 3.8) is 0 Å². The Hall–Kier alpha value is -4.95. The Labute approximate surface area is 256 Å². The summed E-state index contributed by atoms with van der Waals surface area (Å²) in [5.41, 5.74) is 8.13. The number of anilines is 1. The molecule has 7 nitrogen and oxygen atoms in total. The van der Waals surface area contributed by atoms with E-state index in [2.05, 4.69) is 32.8 Å². The maximum Gasteiger partial charge on any atom is 0.335 e. The number of thiocarbonyl (C=S) groups is 1. The van der Waals surface area contributed by atoms with E-state index in [9.17, 15) is 9.90 Å². The van der Waals surface area contributed by atoms with Crippen LogP contribution >= 0.6 is 12.2 Å². The molecule has 1 saturated heterocycles. The van der Waals surface area contributed by atoms with Gasteiger partial charge >= 0.3 is 5.97 Å². The van der Waals surface area contributed by atoms with Gasteiger partial charge in [0.05, 0.1) is 23.3 Å². The molecule has 2 aromatic heterocycles. The van der Waals surface area contributed by atoms with Crippen LogP contribution in [0.2, 0.25) is 0 Å². The van der Waals surface area contributed by atoms with Gasteiger partial charge in [-0.3, -0.25) is 4.98 Å². The van der Waals surface area contributed by atoms with E-state index in [1.807, 2.05) is 93.6 Å². The molecule has 2 atom stereocenters. The molecule has 1 aliphatic heterocycles. The van der Waals surface area contributed by atoms with Crippen molar-refractivity contribution in [3.05, 3.63) is 137 Å². The highest BCUT2D eigenvalue weighted by molar-refractivity contribution is 7.80. The van der Waals surface area contributed by atoms with Gasteiger partial charge in [0.15, 0.2) is 5.11 Å².